The number of rotatable bonds is 1. The topological polar surface area (TPSA) is 83.1 Å². The Morgan fingerprint density at radius 2 is 2.00 bits per heavy atom. The fourth-order valence-corrected chi connectivity index (χ4v) is 2.90. The third kappa shape index (κ3) is 2.30. The number of pyridine rings is 1. The van der Waals surface area contributed by atoms with E-state index in [4.69, 9.17) is 11.6 Å². The number of nitrogens with zero attached hydrogens (tertiary/aromatic N) is 3. The van der Waals surface area contributed by atoms with E-state index in [0.717, 1.165) is 11.1 Å². The summed E-state index contributed by atoms with van der Waals surface area (Å²) in [5.41, 5.74) is 5.99. The largest absolute Gasteiger partial charge is 0.492 e. The third-order valence-corrected chi connectivity index (χ3v) is 4.03. The number of hydrazine groups is 2. The van der Waals surface area contributed by atoms with Gasteiger partial charge in [-0.15, -0.1) is 5.53 Å². The molecule has 0 atom stereocenters. The average Bonchev–Trinajstić information content (AvgIpc) is 2.86. The third-order valence-electron chi connectivity index (χ3n) is 3.80. The van der Waals surface area contributed by atoms with Crippen LogP contribution in [0.2, 0.25) is 5.15 Å². The van der Waals surface area contributed by atoms with Gasteiger partial charge in [0.15, 0.2) is 0 Å². The Kier molecular flexibility index (Phi) is 3.92. The molecule has 0 radical (unpaired) electrons. The Balaban J connectivity index is 0.00000169. The van der Waals surface area contributed by atoms with Crippen LogP contribution in [-0.4, -0.2) is 15.6 Å². The van der Waals surface area contributed by atoms with Crippen molar-refractivity contribution in [2.45, 2.75) is 6.92 Å². The minimum atomic E-state index is -0.375. The summed E-state index contributed by atoms with van der Waals surface area (Å²) in [7, 11) is 0. The molecule has 0 amide bonds. The summed E-state index contributed by atoms with van der Waals surface area (Å²) < 4.78 is 14.3. The van der Waals surface area contributed by atoms with Crippen molar-refractivity contribution in [2.75, 3.05) is 10.0 Å². The molecule has 6 nitrogen and oxygen atoms in total. The fourth-order valence-electron chi connectivity index (χ4n) is 2.78. The van der Waals surface area contributed by atoms with Crippen molar-refractivity contribution in [1.82, 2.24) is 10.5 Å². The number of anilines is 2. The molecule has 2 aliphatic rings. The lowest BCUT2D eigenvalue weighted by molar-refractivity contribution is 0.388. The van der Waals surface area contributed by atoms with Crippen LogP contribution < -0.4 is 15.6 Å². The van der Waals surface area contributed by atoms with Crippen molar-refractivity contribution in [2.24, 2.45) is 0 Å². The minimum absolute atomic E-state index is 0. The molecule has 2 aromatic rings. The molecule has 0 saturated carbocycles. The molecular formula is C16H14ClFN4O2. The van der Waals surface area contributed by atoms with Gasteiger partial charge in [0.1, 0.15) is 22.4 Å². The standard InChI is InChI=1S/C16H12ClFN4O.H2O/c1-9-7-10-3-2-4-12(18)15(10)22-14(9)16(23)21(20-22)11-5-6-13(17)19-8-11;/h2-8,20,23H,1H3;1H2. The zero-order valence-corrected chi connectivity index (χ0v) is 13.3. The van der Waals surface area contributed by atoms with Gasteiger partial charge in [0, 0.05) is 5.56 Å². The van der Waals surface area contributed by atoms with Crippen molar-refractivity contribution >= 4 is 29.1 Å². The summed E-state index contributed by atoms with van der Waals surface area (Å²) in [6.45, 7) is 1.86. The van der Waals surface area contributed by atoms with E-state index in [1.54, 1.807) is 18.2 Å². The quantitative estimate of drug-likeness (QED) is 0.774. The smallest absolute Gasteiger partial charge is 0.234 e. The monoisotopic (exact) mass is 348 g/mol. The highest BCUT2D eigenvalue weighted by molar-refractivity contribution is 6.29. The van der Waals surface area contributed by atoms with E-state index in [-0.39, 0.29) is 17.2 Å². The highest BCUT2D eigenvalue weighted by atomic mass is 35.5. The number of halogens is 2. The van der Waals surface area contributed by atoms with Gasteiger partial charge in [-0.2, -0.15) is 0 Å². The maximum atomic E-state index is 14.3. The van der Waals surface area contributed by atoms with E-state index in [9.17, 15) is 9.50 Å². The van der Waals surface area contributed by atoms with Crippen LogP contribution in [0.3, 0.4) is 0 Å². The summed E-state index contributed by atoms with van der Waals surface area (Å²) in [4.78, 5) is 4.00. The number of aliphatic hydroxyl groups is 1. The van der Waals surface area contributed by atoms with Gasteiger partial charge in [-0.05, 0) is 36.8 Å². The Bertz CT molecular complexity index is 867. The van der Waals surface area contributed by atoms with E-state index in [2.05, 4.69) is 10.5 Å². The summed E-state index contributed by atoms with van der Waals surface area (Å²) in [6, 6.07) is 8.19. The lowest BCUT2D eigenvalue weighted by Gasteiger charge is -2.28. The molecule has 0 saturated heterocycles. The van der Waals surface area contributed by atoms with E-state index < -0.39 is 0 Å². The molecular weight excluding hydrogens is 335 g/mol. The van der Waals surface area contributed by atoms with Crippen LogP contribution in [0, 0.1) is 5.82 Å². The van der Waals surface area contributed by atoms with Crippen molar-refractivity contribution in [3.63, 3.8) is 0 Å². The summed E-state index contributed by atoms with van der Waals surface area (Å²) >= 11 is 5.79. The first-order valence-electron chi connectivity index (χ1n) is 6.95. The zero-order chi connectivity index (χ0) is 16.1. The number of para-hydroxylation sites is 1. The number of hydrogen-bond donors (Lipinski definition) is 2. The van der Waals surface area contributed by atoms with Crippen LogP contribution in [0.5, 0.6) is 0 Å². The SMILES string of the molecule is CC1=Cc2cccc(F)c2N2NN(c3ccc(Cl)nc3)C(O)=C12.O. The Morgan fingerprint density at radius 3 is 2.71 bits per heavy atom. The van der Waals surface area contributed by atoms with Crippen molar-refractivity contribution in [3.05, 3.63) is 70.2 Å². The maximum absolute atomic E-state index is 14.3. The molecule has 0 unspecified atom stereocenters. The number of fused-ring (bicyclic) bond motifs is 3. The van der Waals surface area contributed by atoms with E-state index in [0.29, 0.717) is 22.2 Å². The maximum Gasteiger partial charge on any atom is 0.234 e. The van der Waals surface area contributed by atoms with E-state index in [1.807, 2.05) is 19.1 Å². The van der Waals surface area contributed by atoms with Crippen molar-refractivity contribution in [3.8, 4) is 0 Å². The molecule has 4 N–H and O–H groups in total. The molecule has 0 fully saturated rings. The predicted octanol–water partition coefficient (Wildman–Crippen LogP) is 2.94. The van der Waals surface area contributed by atoms with Gasteiger partial charge in [-0.25, -0.2) is 19.4 Å². The van der Waals surface area contributed by atoms with E-state index in [1.165, 1.54) is 22.3 Å². The van der Waals surface area contributed by atoms with Gasteiger partial charge in [0.25, 0.3) is 0 Å². The highest BCUT2D eigenvalue weighted by Gasteiger charge is 2.36. The normalized spacial score (nSPS) is 15.7. The van der Waals surface area contributed by atoms with Crippen LogP contribution in [0.1, 0.15) is 12.5 Å². The first kappa shape index (κ1) is 16.3. The minimum Gasteiger partial charge on any atom is -0.492 e. The number of nitrogens with one attached hydrogen (secondary N) is 1. The van der Waals surface area contributed by atoms with Gasteiger partial charge in [0.05, 0.1) is 11.9 Å². The number of aliphatic hydroxyl groups excluding tert-OH is 1. The molecule has 0 aliphatic carbocycles. The van der Waals surface area contributed by atoms with Crippen LogP contribution in [0.25, 0.3) is 6.08 Å². The number of allylic oxidation sites excluding steroid dienone is 1. The van der Waals surface area contributed by atoms with Crippen LogP contribution in [0.4, 0.5) is 15.8 Å². The Morgan fingerprint density at radius 1 is 1.21 bits per heavy atom. The lowest BCUT2D eigenvalue weighted by Crippen LogP contribution is -2.43. The molecule has 0 bridgehead atoms. The first-order valence-corrected chi connectivity index (χ1v) is 7.32. The van der Waals surface area contributed by atoms with Gasteiger partial charge in [-0.3, -0.25) is 0 Å². The van der Waals surface area contributed by atoms with Crippen LogP contribution >= 0.6 is 11.6 Å². The first-order chi connectivity index (χ1) is 11.1. The second kappa shape index (κ2) is 5.79. The average molecular weight is 349 g/mol. The predicted molar refractivity (Wildman–Crippen MR) is 90.7 cm³/mol. The van der Waals surface area contributed by atoms with Gasteiger partial charge >= 0.3 is 0 Å². The molecule has 1 aromatic carbocycles. The summed E-state index contributed by atoms with van der Waals surface area (Å²) in [6.07, 6.45) is 3.36. The summed E-state index contributed by atoms with van der Waals surface area (Å²) in [5, 5.41) is 13.9. The molecule has 24 heavy (non-hydrogen) atoms. The number of benzene rings is 1. The van der Waals surface area contributed by atoms with Gasteiger partial charge in [-0.1, -0.05) is 23.7 Å². The van der Waals surface area contributed by atoms with Crippen LogP contribution in [0.15, 0.2) is 53.7 Å². The zero-order valence-electron chi connectivity index (χ0n) is 12.6. The van der Waals surface area contributed by atoms with E-state index >= 15 is 0 Å². The Hall–Kier alpha value is -2.61. The fraction of sp³-hybridized carbons (Fsp3) is 0.0625. The number of aromatic nitrogens is 1. The van der Waals surface area contributed by atoms with Gasteiger partial charge < -0.3 is 10.6 Å². The molecule has 124 valence electrons. The van der Waals surface area contributed by atoms with Crippen LogP contribution in [-0.2, 0) is 0 Å². The second-order valence-corrected chi connectivity index (χ2v) is 5.67. The lowest BCUT2D eigenvalue weighted by atomic mass is 10.0. The highest BCUT2D eigenvalue weighted by Crippen LogP contribution is 2.40. The van der Waals surface area contributed by atoms with Gasteiger partial charge in [0.2, 0.25) is 5.88 Å². The Labute approximate surface area is 142 Å². The number of hydrogen-bond acceptors (Lipinski definition) is 5. The molecule has 4 rings (SSSR count). The molecule has 1 aromatic heterocycles. The molecule has 0 spiro atoms. The second-order valence-electron chi connectivity index (χ2n) is 5.29. The molecule has 8 heteroatoms. The summed E-state index contributed by atoms with van der Waals surface area (Å²) in [5.74, 6) is -0.406. The molecule has 2 aliphatic heterocycles. The van der Waals surface area contributed by atoms with Crippen molar-refractivity contribution < 1.29 is 15.0 Å². The van der Waals surface area contributed by atoms with Crippen molar-refractivity contribution in [1.29, 1.82) is 0 Å². The molecule has 3 heterocycles.